The van der Waals surface area contributed by atoms with Crippen molar-refractivity contribution in [2.45, 2.75) is 39.5 Å². The summed E-state index contributed by atoms with van der Waals surface area (Å²) in [5, 5.41) is 19.0. The zero-order valence-corrected chi connectivity index (χ0v) is 9.31. The van der Waals surface area contributed by atoms with Gasteiger partial charge in [0, 0.05) is 11.9 Å². The molecule has 0 atom stereocenters. The Balaban J connectivity index is -0.000000143. The van der Waals surface area contributed by atoms with Crippen LogP contribution >= 0.6 is 0 Å². The quantitative estimate of drug-likeness (QED) is 0.619. The Bertz CT molecular complexity index is 120. The van der Waals surface area contributed by atoms with Gasteiger partial charge in [0.15, 0.2) is 0 Å². The minimum absolute atomic E-state index is 0. The van der Waals surface area contributed by atoms with Gasteiger partial charge in [0.2, 0.25) is 0 Å². The van der Waals surface area contributed by atoms with Gasteiger partial charge in [-0.05, 0) is 12.8 Å². The van der Waals surface area contributed by atoms with E-state index in [1.807, 2.05) is 0 Å². The smallest absolute Gasteiger partial charge is 0.550 e. The van der Waals surface area contributed by atoms with E-state index < -0.39 is 11.9 Å². The summed E-state index contributed by atoms with van der Waals surface area (Å²) in [6.07, 6.45) is 1.70. The van der Waals surface area contributed by atoms with Crippen LogP contribution in [0.3, 0.4) is 0 Å². The topological polar surface area (TPSA) is 80.3 Å². The Kier molecular flexibility index (Phi) is 19.8. The van der Waals surface area contributed by atoms with E-state index >= 15 is 0 Å². The summed E-state index contributed by atoms with van der Waals surface area (Å²) in [6, 6.07) is 0. The zero-order chi connectivity index (χ0) is 9.98. The van der Waals surface area contributed by atoms with Crippen LogP contribution in [0.25, 0.3) is 0 Å². The normalized spacial score (nSPS) is 7.54. The SMILES string of the molecule is CCCC(=O)[O-].CCCC(=O)[O-].[V+2]. The summed E-state index contributed by atoms with van der Waals surface area (Å²) >= 11 is 0. The standard InChI is InChI=1S/2C4H8O2.V/c2*1-2-3-4(5)6;/h2*2-3H2,1H3,(H,5,6);/q;;+2/p-2. The molecule has 0 spiro atoms. The average molecular weight is 225 g/mol. The molecule has 0 unspecified atom stereocenters. The van der Waals surface area contributed by atoms with Crippen molar-refractivity contribution in [1.29, 1.82) is 0 Å². The summed E-state index contributed by atoms with van der Waals surface area (Å²) in [5.41, 5.74) is 0. The fourth-order valence-electron chi connectivity index (χ4n) is 0.408. The van der Waals surface area contributed by atoms with Crippen LogP contribution < -0.4 is 10.2 Å². The van der Waals surface area contributed by atoms with Gasteiger partial charge < -0.3 is 19.8 Å². The predicted molar refractivity (Wildman–Crippen MR) is 39.8 cm³/mol. The number of hydrogen-bond acceptors (Lipinski definition) is 4. The van der Waals surface area contributed by atoms with Crippen molar-refractivity contribution in [1.82, 2.24) is 0 Å². The van der Waals surface area contributed by atoms with Crippen molar-refractivity contribution >= 4 is 11.9 Å². The molecule has 5 heteroatoms. The maximum absolute atomic E-state index is 9.49. The molecule has 75 valence electrons. The summed E-state index contributed by atoms with van der Waals surface area (Å²) in [5.74, 6) is -1.92. The van der Waals surface area contributed by atoms with Crippen molar-refractivity contribution < 1.29 is 38.4 Å². The molecule has 0 N–H and O–H groups in total. The first-order chi connectivity index (χ1) is 5.54. The van der Waals surface area contributed by atoms with Crippen LogP contribution in [0.15, 0.2) is 0 Å². The maximum Gasteiger partial charge on any atom is 2.00 e. The van der Waals surface area contributed by atoms with Gasteiger partial charge in [-0.3, -0.25) is 0 Å². The molecular formula is C8H14O4V. The number of rotatable bonds is 4. The van der Waals surface area contributed by atoms with E-state index in [2.05, 4.69) is 0 Å². The molecule has 0 saturated heterocycles. The molecule has 0 bridgehead atoms. The van der Waals surface area contributed by atoms with E-state index in [9.17, 15) is 19.8 Å². The summed E-state index contributed by atoms with van der Waals surface area (Å²) in [4.78, 5) is 19.0. The van der Waals surface area contributed by atoms with Gasteiger partial charge in [0.25, 0.3) is 0 Å². The largest absolute Gasteiger partial charge is 2.00 e. The first-order valence-electron chi connectivity index (χ1n) is 3.94. The van der Waals surface area contributed by atoms with Crippen molar-refractivity contribution in [3.8, 4) is 0 Å². The van der Waals surface area contributed by atoms with E-state index in [1.54, 1.807) is 13.8 Å². The molecule has 0 aromatic carbocycles. The number of hydrogen-bond donors (Lipinski definition) is 0. The summed E-state index contributed by atoms with van der Waals surface area (Å²) in [7, 11) is 0. The van der Waals surface area contributed by atoms with Gasteiger partial charge >= 0.3 is 18.6 Å². The van der Waals surface area contributed by atoms with Gasteiger partial charge in [0.05, 0.1) is 0 Å². The number of carboxylic acid groups (broad SMARTS) is 2. The molecule has 0 aliphatic rings. The first-order valence-corrected chi connectivity index (χ1v) is 3.94. The van der Waals surface area contributed by atoms with Gasteiger partial charge in [-0.25, -0.2) is 0 Å². The van der Waals surface area contributed by atoms with Gasteiger partial charge in [-0.2, -0.15) is 0 Å². The molecule has 0 saturated carbocycles. The molecule has 0 aliphatic heterocycles. The third-order valence-electron chi connectivity index (χ3n) is 0.908. The van der Waals surface area contributed by atoms with Gasteiger partial charge in [-0.1, -0.05) is 26.7 Å². The molecule has 0 fully saturated rings. The monoisotopic (exact) mass is 225 g/mol. The number of carbonyl (C=O) groups excluding carboxylic acids is 2. The van der Waals surface area contributed by atoms with Gasteiger partial charge in [-0.15, -0.1) is 0 Å². The van der Waals surface area contributed by atoms with Crippen molar-refractivity contribution in [3.05, 3.63) is 0 Å². The van der Waals surface area contributed by atoms with E-state index in [0.29, 0.717) is 12.8 Å². The Morgan fingerprint density at radius 3 is 1.15 bits per heavy atom. The molecule has 0 amide bonds. The van der Waals surface area contributed by atoms with E-state index in [1.165, 1.54) is 0 Å². The van der Waals surface area contributed by atoms with Crippen LogP contribution in [0.1, 0.15) is 39.5 Å². The third-order valence-corrected chi connectivity index (χ3v) is 0.908. The van der Waals surface area contributed by atoms with Crippen molar-refractivity contribution in [3.63, 3.8) is 0 Å². The Morgan fingerprint density at radius 2 is 1.15 bits per heavy atom. The number of carbonyl (C=O) groups is 2. The van der Waals surface area contributed by atoms with Crippen LogP contribution in [0.5, 0.6) is 0 Å². The summed E-state index contributed by atoms with van der Waals surface area (Å²) < 4.78 is 0. The Labute approximate surface area is 90.2 Å². The summed E-state index contributed by atoms with van der Waals surface area (Å²) in [6.45, 7) is 3.60. The molecule has 4 nitrogen and oxygen atoms in total. The van der Waals surface area contributed by atoms with Crippen LogP contribution in [-0.2, 0) is 28.1 Å². The molecule has 13 heavy (non-hydrogen) atoms. The Hall–Kier alpha value is -0.476. The van der Waals surface area contributed by atoms with Crippen LogP contribution in [0.2, 0.25) is 0 Å². The molecule has 0 aromatic heterocycles. The van der Waals surface area contributed by atoms with Gasteiger partial charge in [0.1, 0.15) is 0 Å². The molecule has 0 heterocycles. The fourth-order valence-corrected chi connectivity index (χ4v) is 0.408. The van der Waals surface area contributed by atoms with Crippen LogP contribution in [-0.4, -0.2) is 11.9 Å². The minimum Gasteiger partial charge on any atom is -0.550 e. The van der Waals surface area contributed by atoms with Crippen LogP contribution in [0.4, 0.5) is 0 Å². The number of carboxylic acids is 2. The van der Waals surface area contributed by atoms with Crippen molar-refractivity contribution in [2.75, 3.05) is 0 Å². The zero-order valence-electron chi connectivity index (χ0n) is 7.91. The second-order valence-electron chi connectivity index (χ2n) is 2.24. The van der Waals surface area contributed by atoms with Crippen LogP contribution in [0, 0.1) is 0 Å². The van der Waals surface area contributed by atoms with Crippen molar-refractivity contribution in [2.24, 2.45) is 0 Å². The number of aliphatic carboxylic acids is 2. The predicted octanol–water partition coefficient (Wildman–Crippen LogP) is -0.930. The molecular weight excluding hydrogens is 211 g/mol. The maximum atomic E-state index is 9.49. The average Bonchev–Trinajstić information content (AvgIpc) is 1.87. The Morgan fingerprint density at radius 1 is 0.923 bits per heavy atom. The first kappa shape index (κ1) is 18.3. The molecule has 0 aliphatic carbocycles. The second kappa shape index (κ2) is 14.1. The van der Waals surface area contributed by atoms with E-state index in [4.69, 9.17) is 0 Å². The third kappa shape index (κ3) is 34.3. The second-order valence-corrected chi connectivity index (χ2v) is 2.24. The van der Waals surface area contributed by atoms with E-state index in [0.717, 1.165) is 0 Å². The van der Waals surface area contributed by atoms with E-state index in [-0.39, 0.29) is 31.4 Å². The molecule has 0 rings (SSSR count). The molecule has 1 radical (unpaired) electrons. The minimum atomic E-state index is -0.961. The molecule has 0 aromatic rings. The fraction of sp³-hybridized carbons (Fsp3) is 0.750.